The number of piperazine rings is 1. The van der Waals surface area contributed by atoms with Crippen molar-refractivity contribution >= 4 is 38.8 Å². The quantitative estimate of drug-likeness (QED) is 0.205. The molecule has 5 rings (SSSR count). The normalized spacial score (nSPS) is 14.2. The van der Waals surface area contributed by atoms with E-state index in [0.29, 0.717) is 23.2 Å². The van der Waals surface area contributed by atoms with Crippen LogP contribution in [0.1, 0.15) is 38.8 Å². The molecule has 10 nitrogen and oxygen atoms in total. The van der Waals surface area contributed by atoms with Gasteiger partial charge in [0.2, 0.25) is 5.95 Å². The molecule has 238 valence electrons. The lowest BCUT2D eigenvalue weighted by Gasteiger charge is -2.33. The number of para-hydroxylation sites is 1. The van der Waals surface area contributed by atoms with Gasteiger partial charge in [0.05, 0.1) is 27.6 Å². The lowest BCUT2D eigenvalue weighted by molar-refractivity contribution is 0.243. The number of aryl methyl sites for hydroxylation is 2. The van der Waals surface area contributed by atoms with E-state index in [1.165, 1.54) is 0 Å². The summed E-state index contributed by atoms with van der Waals surface area (Å²) in [5.41, 5.74) is 5.14. The smallest absolute Gasteiger partial charge is 0.229 e. The van der Waals surface area contributed by atoms with Gasteiger partial charge < -0.3 is 25.2 Å². The first-order valence-electron chi connectivity index (χ1n) is 15.3. The molecule has 1 saturated heterocycles. The molecule has 3 heterocycles. The molecule has 0 spiro atoms. The molecular weight excluding hydrogens is 586 g/mol. The number of rotatable bonds is 10. The van der Waals surface area contributed by atoms with Crippen molar-refractivity contribution in [1.82, 2.24) is 19.9 Å². The summed E-state index contributed by atoms with van der Waals surface area (Å²) >= 11 is 0. The third-order valence-electron chi connectivity index (χ3n) is 7.86. The number of pyridine rings is 1. The second kappa shape index (κ2) is 13.4. The van der Waals surface area contributed by atoms with Crippen LogP contribution in [0, 0.1) is 13.8 Å². The Hall–Kier alpha value is -4.22. The Morgan fingerprint density at radius 2 is 1.60 bits per heavy atom. The molecule has 0 unspecified atom stereocenters. The molecule has 1 fully saturated rings. The number of anilines is 5. The highest BCUT2D eigenvalue weighted by atomic mass is 32.2. The first kappa shape index (κ1) is 32.2. The van der Waals surface area contributed by atoms with E-state index >= 15 is 0 Å². The number of benzene rings is 2. The molecule has 0 bridgehead atoms. The molecule has 45 heavy (non-hydrogen) atoms. The van der Waals surface area contributed by atoms with Crippen molar-refractivity contribution in [2.45, 2.75) is 57.8 Å². The summed E-state index contributed by atoms with van der Waals surface area (Å²) < 4.78 is 32.3. The van der Waals surface area contributed by atoms with Crippen molar-refractivity contribution < 1.29 is 13.2 Å². The first-order chi connectivity index (χ1) is 21.4. The minimum Gasteiger partial charge on any atom is -0.489 e. The highest BCUT2D eigenvalue weighted by Crippen LogP contribution is 2.37. The van der Waals surface area contributed by atoms with E-state index in [-0.39, 0.29) is 11.0 Å². The van der Waals surface area contributed by atoms with E-state index < -0.39 is 15.1 Å². The van der Waals surface area contributed by atoms with E-state index in [1.807, 2.05) is 39.1 Å². The Morgan fingerprint density at radius 3 is 2.31 bits per heavy atom. The van der Waals surface area contributed by atoms with E-state index in [4.69, 9.17) is 9.72 Å². The molecule has 2 aromatic heterocycles. The standard InChI is InChI=1S/C34H43N7O3S/c1-22(2)44-30-18-24(5)27(26-12-13-35-32(19-26)41-16-14-40(7)15-17-41)20-29(30)38-34-36-21-25(6)33(39-34)37-28-10-8-9-11-31(28)45(42,43)23(3)4/h8-13,18-23H,14-17H2,1-7H3,(H2,36,37,38,39). The van der Waals surface area contributed by atoms with Crippen LogP contribution < -0.4 is 20.3 Å². The average molecular weight is 630 g/mol. The van der Waals surface area contributed by atoms with Crippen LogP contribution in [0.15, 0.2) is 65.8 Å². The summed E-state index contributed by atoms with van der Waals surface area (Å²) in [6.07, 6.45) is 3.53. The largest absolute Gasteiger partial charge is 0.489 e. The maximum atomic E-state index is 13.1. The van der Waals surface area contributed by atoms with E-state index in [1.54, 1.807) is 44.3 Å². The lowest BCUT2D eigenvalue weighted by Crippen LogP contribution is -2.44. The summed E-state index contributed by atoms with van der Waals surface area (Å²) in [6.45, 7) is 15.2. The fraction of sp³-hybridized carbons (Fsp3) is 0.382. The van der Waals surface area contributed by atoms with Gasteiger partial charge in [-0.25, -0.2) is 18.4 Å². The van der Waals surface area contributed by atoms with Gasteiger partial charge >= 0.3 is 0 Å². The first-order valence-corrected chi connectivity index (χ1v) is 16.9. The maximum Gasteiger partial charge on any atom is 0.229 e. The SMILES string of the molecule is Cc1cc(OC(C)C)c(Nc2ncc(C)c(Nc3ccccc3S(=O)(=O)C(C)C)n2)cc1-c1ccnc(N2CCN(C)CC2)c1. The molecule has 1 aliphatic rings. The fourth-order valence-corrected chi connectivity index (χ4v) is 6.39. The van der Waals surface area contributed by atoms with Crippen LogP contribution in [-0.4, -0.2) is 72.9 Å². The van der Waals surface area contributed by atoms with Crippen LogP contribution in [0.4, 0.5) is 29.0 Å². The molecule has 4 aromatic rings. The summed E-state index contributed by atoms with van der Waals surface area (Å²) in [5.74, 6) is 2.51. The van der Waals surface area contributed by atoms with Crippen molar-refractivity contribution in [1.29, 1.82) is 0 Å². The van der Waals surface area contributed by atoms with Crippen LogP contribution in [0.5, 0.6) is 5.75 Å². The van der Waals surface area contributed by atoms with Gasteiger partial charge in [-0.05, 0) is 102 Å². The van der Waals surface area contributed by atoms with Crippen molar-refractivity contribution in [3.63, 3.8) is 0 Å². The molecule has 2 N–H and O–H groups in total. The molecule has 11 heteroatoms. The third-order valence-corrected chi connectivity index (χ3v) is 10.1. The Morgan fingerprint density at radius 1 is 0.867 bits per heavy atom. The minimum absolute atomic E-state index is 0.0452. The Bertz CT molecular complexity index is 1770. The van der Waals surface area contributed by atoms with Crippen molar-refractivity contribution in [3.05, 3.63) is 72.1 Å². The zero-order valence-electron chi connectivity index (χ0n) is 27.1. The van der Waals surface area contributed by atoms with Crippen LogP contribution in [-0.2, 0) is 9.84 Å². The molecule has 2 aromatic carbocycles. The number of hydrogen-bond acceptors (Lipinski definition) is 10. The number of sulfone groups is 1. The van der Waals surface area contributed by atoms with E-state index in [2.05, 4.69) is 56.5 Å². The number of aromatic nitrogens is 3. The van der Waals surface area contributed by atoms with Gasteiger partial charge in [0.25, 0.3) is 0 Å². The van der Waals surface area contributed by atoms with Crippen LogP contribution >= 0.6 is 0 Å². The van der Waals surface area contributed by atoms with Crippen molar-refractivity contribution in [2.75, 3.05) is 48.8 Å². The molecule has 0 aliphatic carbocycles. The maximum absolute atomic E-state index is 13.1. The number of likely N-dealkylation sites (N-methyl/N-ethyl adjacent to an activating group) is 1. The Kier molecular flexibility index (Phi) is 9.59. The zero-order valence-corrected chi connectivity index (χ0v) is 27.9. The van der Waals surface area contributed by atoms with Gasteiger partial charge in [-0.1, -0.05) is 12.1 Å². The van der Waals surface area contributed by atoms with Crippen LogP contribution in [0.25, 0.3) is 11.1 Å². The molecular formula is C34H43N7O3S. The van der Waals surface area contributed by atoms with Crippen molar-refractivity contribution in [3.8, 4) is 16.9 Å². The number of nitrogens with zero attached hydrogens (tertiary/aromatic N) is 5. The predicted molar refractivity (Wildman–Crippen MR) is 182 cm³/mol. The summed E-state index contributed by atoms with van der Waals surface area (Å²) in [6, 6.07) is 15.2. The fourth-order valence-electron chi connectivity index (χ4n) is 5.18. The zero-order chi connectivity index (χ0) is 32.3. The Labute approximate surface area is 266 Å². The second-order valence-electron chi connectivity index (χ2n) is 12.1. The highest BCUT2D eigenvalue weighted by molar-refractivity contribution is 7.92. The third kappa shape index (κ3) is 7.37. The highest BCUT2D eigenvalue weighted by Gasteiger charge is 2.23. The number of nitrogens with one attached hydrogen (secondary N) is 2. The van der Waals surface area contributed by atoms with Gasteiger partial charge in [-0.2, -0.15) is 4.98 Å². The topological polar surface area (TPSA) is 113 Å². The van der Waals surface area contributed by atoms with Gasteiger partial charge in [0, 0.05) is 44.1 Å². The average Bonchev–Trinajstić information content (AvgIpc) is 3.00. The summed E-state index contributed by atoms with van der Waals surface area (Å²) in [4.78, 5) is 18.9. The van der Waals surface area contributed by atoms with Gasteiger partial charge in [0.15, 0.2) is 9.84 Å². The molecule has 0 saturated carbocycles. The monoisotopic (exact) mass is 629 g/mol. The molecule has 1 aliphatic heterocycles. The van der Waals surface area contributed by atoms with Crippen molar-refractivity contribution in [2.24, 2.45) is 0 Å². The predicted octanol–water partition coefficient (Wildman–Crippen LogP) is 6.36. The Balaban J connectivity index is 1.49. The molecule has 0 radical (unpaired) electrons. The van der Waals surface area contributed by atoms with Gasteiger partial charge in [-0.15, -0.1) is 0 Å². The number of hydrogen-bond donors (Lipinski definition) is 2. The van der Waals surface area contributed by atoms with Crippen LogP contribution in [0.3, 0.4) is 0 Å². The van der Waals surface area contributed by atoms with Gasteiger partial charge in [0.1, 0.15) is 17.4 Å². The number of ether oxygens (including phenoxy) is 1. The van der Waals surface area contributed by atoms with E-state index in [0.717, 1.165) is 59.9 Å². The molecule has 0 amide bonds. The summed E-state index contributed by atoms with van der Waals surface area (Å²) in [7, 11) is -1.37. The summed E-state index contributed by atoms with van der Waals surface area (Å²) in [5, 5.41) is 6.06. The minimum atomic E-state index is -3.51. The second-order valence-corrected chi connectivity index (χ2v) is 14.6. The molecule has 0 atom stereocenters. The lowest BCUT2D eigenvalue weighted by atomic mass is 9.99. The van der Waals surface area contributed by atoms with E-state index in [9.17, 15) is 8.42 Å². The van der Waals surface area contributed by atoms with Gasteiger partial charge in [-0.3, -0.25) is 0 Å². The van der Waals surface area contributed by atoms with Crippen LogP contribution in [0.2, 0.25) is 0 Å².